The molecule has 0 bridgehead atoms. The van der Waals surface area contributed by atoms with Gasteiger partial charge in [-0.05, 0) is 6.07 Å². The molecule has 0 aliphatic heterocycles. The van der Waals surface area contributed by atoms with Gasteiger partial charge in [0.2, 0.25) is 0 Å². The lowest BCUT2D eigenvalue weighted by Crippen LogP contribution is -2.23. The first kappa shape index (κ1) is 11.7. The quantitative estimate of drug-likeness (QED) is 0.615. The third-order valence-electron chi connectivity index (χ3n) is 3.22. The molecule has 1 aliphatic carbocycles. The van der Waals surface area contributed by atoms with Gasteiger partial charge in [0.05, 0.1) is 27.5 Å². The molecule has 2 aromatic rings. The van der Waals surface area contributed by atoms with E-state index in [0.29, 0.717) is 11.1 Å². The zero-order chi connectivity index (χ0) is 13.7. The van der Waals surface area contributed by atoms with Crippen molar-refractivity contribution in [1.82, 2.24) is 0 Å². The molecule has 2 aromatic carbocycles. The molecule has 0 saturated carbocycles. The molecule has 0 saturated heterocycles. The number of hydrogen-bond acceptors (Lipinski definition) is 4. The van der Waals surface area contributed by atoms with Crippen LogP contribution in [0.15, 0.2) is 30.3 Å². The van der Waals surface area contributed by atoms with E-state index >= 15 is 0 Å². The number of nitrogen functional groups attached to an aromatic ring is 2. The van der Waals surface area contributed by atoms with Gasteiger partial charge in [0.25, 0.3) is 0 Å². The van der Waals surface area contributed by atoms with Gasteiger partial charge in [0.1, 0.15) is 0 Å². The molecule has 4 N–H and O–H groups in total. The lowest BCUT2D eigenvalue weighted by Gasteiger charge is -2.20. The average molecular weight is 273 g/mol. The van der Waals surface area contributed by atoms with E-state index in [-0.39, 0.29) is 39.1 Å². The van der Waals surface area contributed by atoms with E-state index < -0.39 is 0 Å². The summed E-state index contributed by atoms with van der Waals surface area (Å²) in [5.41, 5.74) is 12.7. The highest BCUT2D eigenvalue weighted by molar-refractivity contribution is 6.40. The van der Waals surface area contributed by atoms with Crippen LogP contribution in [0.2, 0.25) is 5.02 Å². The summed E-state index contributed by atoms with van der Waals surface area (Å²) in [6, 6.07) is 7.98. The molecule has 19 heavy (non-hydrogen) atoms. The number of carbonyl (C=O) groups excluding carboxylic acids is 2. The molecule has 0 unspecified atom stereocenters. The van der Waals surface area contributed by atoms with Gasteiger partial charge in [-0.3, -0.25) is 9.59 Å². The van der Waals surface area contributed by atoms with E-state index in [1.165, 1.54) is 6.07 Å². The van der Waals surface area contributed by atoms with Crippen LogP contribution in [0.5, 0.6) is 0 Å². The fourth-order valence-corrected chi connectivity index (χ4v) is 2.59. The van der Waals surface area contributed by atoms with E-state index in [4.69, 9.17) is 23.1 Å². The third kappa shape index (κ3) is 1.47. The second-order valence-electron chi connectivity index (χ2n) is 4.32. The standard InChI is InChI=1S/C14H9ClN2O2/c15-8-5-9(16)12(17)11-10(8)13(18)6-3-1-2-4-7(6)14(11)19/h1-5H,16-17H2. The number of benzene rings is 2. The van der Waals surface area contributed by atoms with Crippen LogP contribution in [0.1, 0.15) is 31.8 Å². The number of carbonyl (C=O) groups is 2. The fourth-order valence-electron chi connectivity index (χ4n) is 2.29. The molecule has 5 heteroatoms. The summed E-state index contributed by atoms with van der Waals surface area (Å²) in [4.78, 5) is 24.8. The SMILES string of the molecule is Nc1cc(Cl)c2c(c1N)C(=O)c1ccccc1C2=O. The minimum absolute atomic E-state index is 0.104. The van der Waals surface area contributed by atoms with Crippen molar-refractivity contribution in [2.24, 2.45) is 0 Å². The maximum absolute atomic E-state index is 12.4. The molecule has 0 heterocycles. The Morgan fingerprint density at radius 1 is 0.895 bits per heavy atom. The Morgan fingerprint density at radius 2 is 1.42 bits per heavy atom. The number of ketones is 2. The van der Waals surface area contributed by atoms with Crippen molar-refractivity contribution in [3.05, 3.63) is 57.6 Å². The molecule has 3 rings (SSSR count). The average Bonchev–Trinajstić information content (AvgIpc) is 2.40. The minimum atomic E-state index is -0.322. The molecule has 94 valence electrons. The molecule has 0 radical (unpaired) electrons. The first-order valence-electron chi connectivity index (χ1n) is 5.58. The Bertz CT molecular complexity index is 753. The highest BCUT2D eigenvalue weighted by Crippen LogP contribution is 2.37. The van der Waals surface area contributed by atoms with E-state index in [2.05, 4.69) is 0 Å². The molecular weight excluding hydrogens is 264 g/mol. The zero-order valence-corrected chi connectivity index (χ0v) is 10.5. The van der Waals surface area contributed by atoms with Crippen LogP contribution in [0.3, 0.4) is 0 Å². The van der Waals surface area contributed by atoms with Crippen molar-refractivity contribution in [2.75, 3.05) is 11.5 Å². The highest BCUT2D eigenvalue weighted by atomic mass is 35.5. The molecule has 4 nitrogen and oxygen atoms in total. The van der Waals surface area contributed by atoms with Crippen LogP contribution in [-0.2, 0) is 0 Å². The Labute approximate surface area is 114 Å². The van der Waals surface area contributed by atoms with Crippen LogP contribution in [-0.4, -0.2) is 11.6 Å². The van der Waals surface area contributed by atoms with Crippen molar-refractivity contribution in [3.8, 4) is 0 Å². The summed E-state index contributed by atoms with van der Waals surface area (Å²) in [5, 5.41) is 0.148. The van der Waals surface area contributed by atoms with Crippen LogP contribution in [0.25, 0.3) is 0 Å². The van der Waals surface area contributed by atoms with E-state index in [1.54, 1.807) is 24.3 Å². The van der Waals surface area contributed by atoms with Crippen LogP contribution in [0, 0.1) is 0 Å². The van der Waals surface area contributed by atoms with Gasteiger partial charge in [0.15, 0.2) is 11.6 Å². The summed E-state index contributed by atoms with van der Waals surface area (Å²) < 4.78 is 0. The molecule has 1 aliphatic rings. The Morgan fingerprint density at radius 3 is 2.00 bits per heavy atom. The second-order valence-corrected chi connectivity index (χ2v) is 4.72. The number of halogens is 1. The smallest absolute Gasteiger partial charge is 0.196 e. The number of hydrogen-bond donors (Lipinski definition) is 2. The first-order valence-corrected chi connectivity index (χ1v) is 5.96. The predicted octanol–water partition coefficient (Wildman–Crippen LogP) is 2.28. The Balaban J connectivity index is 2.43. The van der Waals surface area contributed by atoms with Gasteiger partial charge in [-0.25, -0.2) is 0 Å². The van der Waals surface area contributed by atoms with E-state index in [9.17, 15) is 9.59 Å². The maximum Gasteiger partial charge on any atom is 0.196 e. The number of rotatable bonds is 0. The van der Waals surface area contributed by atoms with Gasteiger partial charge < -0.3 is 11.5 Å². The topological polar surface area (TPSA) is 86.2 Å². The summed E-state index contributed by atoms with van der Waals surface area (Å²) in [7, 11) is 0. The first-order chi connectivity index (χ1) is 9.02. The molecule has 0 aromatic heterocycles. The van der Waals surface area contributed by atoms with Crippen molar-refractivity contribution >= 4 is 34.5 Å². The zero-order valence-electron chi connectivity index (χ0n) is 9.74. The highest BCUT2D eigenvalue weighted by Gasteiger charge is 2.33. The maximum atomic E-state index is 12.4. The molecule has 0 amide bonds. The molecule has 0 atom stereocenters. The van der Waals surface area contributed by atoms with Crippen molar-refractivity contribution in [3.63, 3.8) is 0 Å². The summed E-state index contributed by atoms with van der Waals surface area (Å²) in [5.74, 6) is -0.626. The van der Waals surface area contributed by atoms with Crippen molar-refractivity contribution < 1.29 is 9.59 Å². The Kier molecular flexibility index (Phi) is 2.37. The largest absolute Gasteiger partial charge is 0.397 e. The summed E-state index contributed by atoms with van der Waals surface area (Å²) >= 11 is 6.04. The summed E-state index contributed by atoms with van der Waals surface area (Å²) in [6.07, 6.45) is 0. The molecular formula is C14H9ClN2O2. The minimum Gasteiger partial charge on any atom is -0.397 e. The van der Waals surface area contributed by atoms with Crippen molar-refractivity contribution in [1.29, 1.82) is 0 Å². The monoisotopic (exact) mass is 272 g/mol. The fraction of sp³-hybridized carbons (Fsp3) is 0. The Hall–Kier alpha value is -2.33. The van der Waals surface area contributed by atoms with Crippen LogP contribution >= 0.6 is 11.6 Å². The number of nitrogens with two attached hydrogens (primary N) is 2. The van der Waals surface area contributed by atoms with Gasteiger partial charge in [-0.2, -0.15) is 0 Å². The van der Waals surface area contributed by atoms with E-state index in [0.717, 1.165) is 0 Å². The third-order valence-corrected chi connectivity index (χ3v) is 3.52. The number of anilines is 2. The normalized spacial score (nSPS) is 13.1. The van der Waals surface area contributed by atoms with Crippen molar-refractivity contribution in [2.45, 2.75) is 0 Å². The van der Waals surface area contributed by atoms with Gasteiger partial charge in [0, 0.05) is 11.1 Å². The lowest BCUT2D eigenvalue weighted by atomic mass is 9.83. The predicted molar refractivity (Wildman–Crippen MR) is 73.6 cm³/mol. The van der Waals surface area contributed by atoms with Crippen LogP contribution in [0.4, 0.5) is 11.4 Å². The van der Waals surface area contributed by atoms with Crippen LogP contribution < -0.4 is 11.5 Å². The van der Waals surface area contributed by atoms with E-state index in [1.807, 2.05) is 0 Å². The van der Waals surface area contributed by atoms with Gasteiger partial charge >= 0.3 is 0 Å². The summed E-state index contributed by atoms with van der Waals surface area (Å²) in [6.45, 7) is 0. The second kappa shape index (κ2) is 3.83. The molecule has 0 spiro atoms. The van der Waals surface area contributed by atoms with Gasteiger partial charge in [-0.1, -0.05) is 35.9 Å². The number of fused-ring (bicyclic) bond motifs is 2. The molecule has 0 fully saturated rings. The lowest BCUT2D eigenvalue weighted by molar-refractivity contribution is 0.0980. The van der Waals surface area contributed by atoms with Gasteiger partial charge in [-0.15, -0.1) is 0 Å².